The summed E-state index contributed by atoms with van der Waals surface area (Å²) in [4.78, 5) is 11.2. The van der Waals surface area contributed by atoms with Gasteiger partial charge in [-0.05, 0) is 25.7 Å². The molecule has 1 amide bonds. The minimum atomic E-state index is -0.650. The van der Waals surface area contributed by atoms with Gasteiger partial charge in [-0.15, -0.1) is 0 Å². The van der Waals surface area contributed by atoms with E-state index in [0.29, 0.717) is 13.0 Å². The minimum absolute atomic E-state index is 0.164. The zero-order valence-electron chi connectivity index (χ0n) is 8.05. The molecule has 0 bridgehead atoms. The third-order valence-corrected chi connectivity index (χ3v) is 2.65. The van der Waals surface area contributed by atoms with Gasteiger partial charge in [-0.3, -0.25) is 4.79 Å². The number of carbonyl (C=O) groups is 1. The first-order valence-corrected chi connectivity index (χ1v) is 4.83. The Balaban J connectivity index is 2.21. The van der Waals surface area contributed by atoms with Gasteiger partial charge < -0.3 is 16.2 Å². The molecular weight excluding hydrogens is 168 g/mol. The van der Waals surface area contributed by atoms with Gasteiger partial charge in [-0.2, -0.15) is 0 Å². The molecule has 0 radical (unpaired) electrons. The van der Waals surface area contributed by atoms with E-state index in [9.17, 15) is 9.90 Å². The molecule has 0 aromatic rings. The lowest BCUT2D eigenvalue weighted by Crippen LogP contribution is -2.51. The summed E-state index contributed by atoms with van der Waals surface area (Å²) in [5, 5.41) is 12.3. The Morgan fingerprint density at radius 3 is 2.69 bits per heavy atom. The molecule has 4 nitrogen and oxygen atoms in total. The molecule has 1 fully saturated rings. The van der Waals surface area contributed by atoms with Gasteiger partial charge in [0.25, 0.3) is 0 Å². The van der Waals surface area contributed by atoms with Crippen molar-refractivity contribution in [3.63, 3.8) is 0 Å². The summed E-state index contributed by atoms with van der Waals surface area (Å²) in [6.45, 7) is 2.21. The van der Waals surface area contributed by atoms with E-state index in [1.165, 1.54) is 0 Å². The van der Waals surface area contributed by atoms with Gasteiger partial charge in [0.1, 0.15) is 0 Å². The molecule has 13 heavy (non-hydrogen) atoms. The molecule has 1 aliphatic rings. The fraction of sp³-hybridized carbons (Fsp3) is 0.889. The Labute approximate surface area is 78.5 Å². The Bertz CT molecular complexity index is 190. The zero-order valence-corrected chi connectivity index (χ0v) is 8.05. The Kier molecular flexibility index (Phi) is 3.27. The van der Waals surface area contributed by atoms with E-state index >= 15 is 0 Å². The Morgan fingerprint density at radius 1 is 1.69 bits per heavy atom. The van der Waals surface area contributed by atoms with Gasteiger partial charge in [0, 0.05) is 6.54 Å². The molecular formula is C9H18N2O2. The van der Waals surface area contributed by atoms with Crippen LogP contribution < -0.4 is 11.1 Å². The summed E-state index contributed by atoms with van der Waals surface area (Å²) in [7, 11) is 0. The summed E-state index contributed by atoms with van der Waals surface area (Å²) in [5.74, 6) is -0.164. The molecule has 1 rings (SSSR count). The predicted octanol–water partition coefficient (Wildman–Crippen LogP) is -0.245. The molecule has 0 unspecified atom stereocenters. The van der Waals surface area contributed by atoms with Crippen molar-refractivity contribution in [3.05, 3.63) is 0 Å². The van der Waals surface area contributed by atoms with Crippen LogP contribution in [0, 0.1) is 0 Å². The Hall–Kier alpha value is -0.610. The lowest BCUT2D eigenvalue weighted by atomic mass is 9.80. The third kappa shape index (κ3) is 2.67. The van der Waals surface area contributed by atoms with Crippen LogP contribution in [0.5, 0.6) is 0 Å². The average molecular weight is 186 g/mol. The smallest absolute Gasteiger partial charge is 0.237 e. The molecule has 0 heterocycles. The van der Waals surface area contributed by atoms with Gasteiger partial charge >= 0.3 is 0 Å². The number of nitrogens with one attached hydrogen (secondary N) is 1. The SMILES string of the molecule is CC[C@@H](N)C(=O)NCC1(O)CCC1. The van der Waals surface area contributed by atoms with E-state index in [2.05, 4.69) is 5.32 Å². The molecule has 1 saturated carbocycles. The quantitative estimate of drug-likeness (QED) is 0.567. The maximum atomic E-state index is 11.2. The van der Waals surface area contributed by atoms with Crippen LogP contribution in [0.2, 0.25) is 0 Å². The summed E-state index contributed by atoms with van der Waals surface area (Å²) in [6.07, 6.45) is 3.25. The number of carbonyl (C=O) groups excluding carboxylic acids is 1. The molecule has 0 aromatic heterocycles. The topological polar surface area (TPSA) is 75.4 Å². The first-order chi connectivity index (χ1) is 6.07. The van der Waals surface area contributed by atoms with Crippen molar-refractivity contribution in [2.45, 2.75) is 44.2 Å². The molecule has 1 atom stereocenters. The molecule has 4 N–H and O–H groups in total. The summed E-state index contributed by atoms with van der Waals surface area (Å²) in [6, 6.07) is -0.441. The lowest BCUT2D eigenvalue weighted by molar-refractivity contribution is -0.124. The number of amides is 1. The van der Waals surface area contributed by atoms with Crippen LogP contribution >= 0.6 is 0 Å². The van der Waals surface area contributed by atoms with Crippen LogP contribution in [0.15, 0.2) is 0 Å². The highest BCUT2D eigenvalue weighted by Gasteiger charge is 2.34. The normalized spacial score (nSPS) is 21.8. The molecule has 76 valence electrons. The standard InChI is InChI=1S/C9H18N2O2/c1-2-7(10)8(12)11-6-9(13)4-3-5-9/h7,13H,2-6,10H2,1H3,(H,11,12)/t7-/m1/s1. The van der Waals surface area contributed by atoms with Gasteiger partial charge in [-0.1, -0.05) is 6.92 Å². The first kappa shape index (κ1) is 10.5. The minimum Gasteiger partial charge on any atom is -0.388 e. The third-order valence-electron chi connectivity index (χ3n) is 2.65. The Morgan fingerprint density at radius 2 is 2.31 bits per heavy atom. The van der Waals surface area contributed by atoms with Crippen LogP contribution in [0.4, 0.5) is 0 Å². The van der Waals surface area contributed by atoms with Crippen LogP contribution in [0.25, 0.3) is 0 Å². The van der Waals surface area contributed by atoms with Crippen LogP contribution in [0.3, 0.4) is 0 Å². The average Bonchev–Trinajstić information content (AvgIpc) is 2.09. The number of rotatable bonds is 4. The second-order valence-electron chi connectivity index (χ2n) is 3.81. The second-order valence-corrected chi connectivity index (χ2v) is 3.81. The van der Waals surface area contributed by atoms with Crippen molar-refractivity contribution in [2.24, 2.45) is 5.73 Å². The van der Waals surface area contributed by atoms with E-state index in [4.69, 9.17) is 5.73 Å². The molecule has 0 spiro atoms. The van der Waals surface area contributed by atoms with Crippen LogP contribution in [-0.2, 0) is 4.79 Å². The summed E-state index contributed by atoms with van der Waals surface area (Å²) >= 11 is 0. The van der Waals surface area contributed by atoms with Gasteiger partial charge in [0.15, 0.2) is 0 Å². The highest BCUT2D eigenvalue weighted by atomic mass is 16.3. The lowest BCUT2D eigenvalue weighted by Gasteiger charge is -2.36. The largest absolute Gasteiger partial charge is 0.388 e. The predicted molar refractivity (Wildman–Crippen MR) is 50.1 cm³/mol. The fourth-order valence-corrected chi connectivity index (χ4v) is 1.33. The molecule has 0 aromatic carbocycles. The van der Waals surface area contributed by atoms with Crippen molar-refractivity contribution in [3.8, 4) is 0 Å². The van der Waals surface area contributed by atoms with Crippen molar-refractivity contribution in [1.82, 2.24) is 5.32 Å². The monoisotopic (exact) mass is 186 g/mol. The van der Waals surface area contributed by atoms with Crippen LogP contribution in [0.1, 0.15) is 32.6 Å². The van der Waals surface area contributed by atoms with E-state index in [-0.39, 0.29) is 5.91 Å². The maximum absolute atomic E-state index is 11.2. The van der Waals surface area contributed by atoms with E-state index < -0.39 is 11.6 Å². The number of aliphatic hydroxyl groups is 1. The van der Waals surface area contributed by atoms with Crippen molar-refractivity contribution in [1.29, 1.82) is 0 Å². The second kappa shape index (κ2) is 4.07. The van der Waals surface area contributed by atoms with Gasteiger partial charge in [-0.25, -0.2) is 0 Å². The van der Waals surface area contributed by atoms with E-state index in [1.807, 2.05) is 6.92 Å². The molecule has 0 saturated heterocycles. The van der Waals surface area contributed by atoms with Crippen molar-refractivity contribution >= 4 is 5.91 Å². The number of nitrogens with two attached hydrogens (primary N) is 1. The highest BCUT2D eigenvalue weighted by molar-refractivity contribution is 5.81. The molecule has 1 aliphatic carbocycles. The molecule has 4 heteroatoms. The highest BCUT2D eigenvalue weighted by Crippen LogP contribution is 2.30. The fourth-order valence-electron chi connectivity index (χ4n) is 1.33. The number of hydrogen-bond acceptors (Lipinski definition) is 3. The zero-order chi connectivity index (χ0) is 9.90. The van der Waals surface area contributed by atoms with Gasteiger partial charge in [0.05, 0.1) is 11.6 Å². The van der Waals surface area contributed by atoms with Crippen LogP contribution in [-0.4, -0.2) is 29.2 Å². The van der Waals surface area contributed by atoms with Gasteiger partial charge in [0.2, 0.25) is 5.91 Å². The summed E-state index contributed by atoms with van der Waals surface area (Å²) < 4.78 is 0. The van der Waals surface area contributed by atoms with Crippen molar-refractivity contribution < 1.29 is 9.90 Å². The molecule has 0 aliphatic heterocycles. The summed E-state index contributed by atoms with van der Waals surface area (Å²) in [5.41, 5.74) is 4.86. The number of hydrogen-bond donors (Lipinski definition) is 3. The van der Waals surface area contributed by atoms with E-state index in [1.54, 1.807) is 0 Å². The van der Waals surface area contributed by atoms with Crippen molar-refractivity contribution in [2.75, 3.05) is 6.54 Å². The maximum Gasteiger partial charge on any atom is 0.237 e. The first-order valence-electron chi connectivity index (χ1n) is 4.83. The van der Waals surface area contributed by atoms with E-state index in [0.717, 1.165) is 19.3 Å².